The Hall–Kier alpha value is 0.660. The van der Waals surface area contributed by atoms with Gasteiger partial charge >= 0.3 is 0 Å². The second-order valence-electron chi connectivity index (χ2n) is 2.51. The smallest absolute Gasteiger partial charge is 0.100 e. The van der Waals surface area contributed by atoms with Crippen LogP contribution in [0.3, 0.4) is 0 Å². The molecule has 3 heteroatoms. The molecule has 1 nitrogen and oxygen atoms in total. The Balaban J connectivity index is 3.16. The van der Waals surface area contributed by atoms with Gasteiger partial charge in [0.2, 0.25) is 0 Å². The molecule has 0 aliphatic heterocycles. The Kier molecular flexibility index (Phi) is 6.80. The fourth-order valence-corrected chi connectivity index (χ4v) is 1.26. The lowest BCUT2D eigenvalue weighted by Gasteiger charge is -2.13. The second kappa shape index (κ2) is 6.38. The topological polar surface area (TPSA) is 9.23 Å². The van der Waals surface area contributed by atoms with Gasteiger partial charge in [-0.15, -0.1) is 12.6 Å². The van der Waals surface area contributed by atoms with Crippen LogP contribution >= 0.6 is 25.3 Å². The predicted octanol–water partition coefficient (Wildman–Crippen LogP) is 2.38. The van der Waals surface area contributed by atoms with E-state index in [9.17, 15) is 0 Å². The van der Waals surface area contributed by atoms with E-state index in [1.54, 1.807) is 0 Å². The van der Waals surface area contributed by atoms with Crippen molar-refractivity contribution in [3.63, 3.8) is 0 Å². The summed E-state index contributed by atoms with van der Waals surface area (Å²) in [5.74, 6) is 0.915. The summed E-state index contributed by atoms with van der Waals surface area (Å²) in [5, 5.41) is 0. The molecule has 0 aliphatic rings. The van der Waals surface area contributed by atoms with Crippen molar-refractivity contribution in [2.45, 2.75) is 38.2 Å². The van der Waals surface area contributed by atoms with Crippen LogP contribution in [0.2, 0.25) is 0 Å². The molecule has 0 aliphatic carbocycles. The number of ether oxygens (including phenoxy) is 1. The molecule has 0 aromatic carbocycles. The first kappa shape index (κ1) is 10.7. The maximum absolute atomic E-state index is 5.38. The first-order valence-electron chi connectivity index (χ1n) is 3.61. The molecule has 0 aromatic heterocycles. The summed E-state index contributed by atoms with van der Waals surface area (Å²) >= 11 is 8.34. The SMILES string of the molecule is CC(C)OC(S)CCCS. The van der Waals surface area contributed by atoms with E-state index >= 15 is 0 Å². The highest BCUT2D eigenvalue weighted by atomic mass is 32.1. The molecular weight excluding hydrogens is 164 g/mol. The van der Waals surface area contributed by atoms with E-state index in [0.29, 0.717) is 0 Å². The standard InChI is InChI=1S/C7H16OS2/c1-6(2)8-7(10)4-3-5-9/h6-7,9-10H,3-5H2,1-2H3. The lowest BCUT2D eigenvalue weighted by molar-refractivity contribution is 0.0562. The average molecular weight is 180 g/mol. The molecule has 0 heterocycles. The zero-order valence-corrected chi connectivity index (χ0v) is 8.37. The maximum atomic E-state index is 5.38. The summed E-state index contributed by atoms with van der Waals surface area (Å²) in [6.07, 6.45) is 2.34. The first-order valence-corrected chi connectivity index (χ1v) is 4.76. The summed E-state index contributed by atoms with van der Waals surface area (Å²) in [5.41, 5.74) is 0.0900. The predicted molar refractivity (Wildman–Crippen MR) is 52.1 cm³/mol. The Morgan fingerprint density at radius 2 is 2.00 bits per heavy atom. The van der Waals surface area contributed by atoms with E-state index in [1.807, 2.05) is 13.8 Å². The molecule has 62 valence electrons. The number of thiol groups is 2. The van der Waals surface area contributed by atoms with Gasteiger partial charge in [-0.3, -0.25) is 0 Å². The largest absolute Gasteiger partial charge is 0.365 e. The minimum absolute atomic E-state index is 0.0900. The zero-order chi connectivity index (χ0) is 7.98. The van der Waals surface area contributed by atoms with Crippen molar-refractivity contribution in [3.05, 3.63) is 0 Å². The minimum Gasteiger partial charge on any atom is -0.365 e. The van der Waals surface area contributed by atoms with Crippen LogP contribution in [-0.2, 0) is 4.74 Å². The van der Waals surface area contributed by atoms with Crippen LogP contribution in [-0.4, -0.2) is 17.3 Å². The molecule has 0 saturated carbocycles. The van der Waals surface area contributed by atoms with E-state index < -0.39 is 0 Å². The number of hydrogen-bond acceptors (Lipinski definition) is 3. The highest BCUT2D eigenvalue weighted by Gasteiger charge is 2.03. The van der Waals surface area contributed by atoms with E-state index in [-0.39, 0.29) is 11.5 Å². The van der Waals surface area contributed by atoms with Crippen LogP contribution < -0.4 is 0 Å². The van der Waals surface area contributed by atoms with Crippen molar-refractivity contribution in [2.24, 2.45) is 0 Å². The van der Waals surface area contributed by atoms with Crippen molar-refractivity contribution in [3.8, 4) is 0 Å². The molecule has 0 spiro atoms. The van der Waals surface area contributed by atoms with Gasteiger partial charge in [0.1, 0.15) is 5.44 Å². The molecule has 1 atom stereocenters. The van der Waals surface area contributed by atoms with Crippen molar-refractivity contribution < 1.29 is 4.74 Å². The molecule has 0 rings (SSSR count). The van der Waals surface area contributed by atoms with Crippen molar-refractivity contribution in [1.82, 2.24) is 0 Å². The third-order valence-corrected chi connectivity index (χ3v) is 1.73. The van der Waals surface area contributed by atoms with Gasteiger partial charge in [-0.05, 0) is 32.4 Å². The van der Waals surface area contributed by atoms with Crippen LogP contribution in [0.1, 0.15) is 26.7 Å². The summed E-state index contributed by atoms with van der Waals surface area (Å²) in [4.78, 5) is 0. The van der Waals surface area contributed by atoms with Crippen molar-refractivity contribution in [2.75, 3.05) is 5.75 Å². The van der Waals surface area contributed by atoms with Crippen LogP contribution in [0.15, 0.2) is 0 Å². The van der Waals surface area contributed by atoms with Gasteiger partial charge in [-0.1, -0.05) is 0 Å². The second-order valence-corrected chi connectivity index (χ2v) is 3.53. The number of hydrogen-bond donors (Lipinski definition) is 2. The van der Waals surface area contributed by atoms with E-state index in [1.165, 1.54) is 0 Å². The van der Waals surface area contributed by atoms with Gasteiger partial charge in [0.25, 0.3) is 0 Å². The summed E-state index contributed by atoms with van der Waals surface area (Å²) in [7, 11) is 0. The lowest BCUT2D eigenvalue weighted by atomic mass is 10.3. The fraction of sp³-hybridized carbons (Fsp3) is 1.00. The molecule has 0 fully saturated rings. The molecule has 0 N–H and O–H groups in total. The van der Waals surface area contributed by atoms with Gasteiger partial charge < -0.3 is 4.74 Å². The molecule has 0 amide bonds. The van der Waals surface area contributed by atoms with Crippen LogP contribution in [0.25, 0.3) is 0 Å². The van der Waals surface area contributed by atoms with Crippen molar-refractivity contribution in [1.29, 1.82) is 0 Å². The Bertz CT molecular complexity index is 76.0. The Labute approximate surface area is 74.4 Å². The molecule has 0 aromatic rings. The van der Waals surface area contributed by atoms with Crippen LogP contribution in [0, 0.1) is 0 Å². The monoisotopic (exact) mass is 180 g/mol. The third-order valence-electron chi connectivity index (χ3n) is 1.04. The van der Waals surface area contributed by atoms with Crippen LogP contribution in [0.4, 0.5) is 0 Å². The Morgan fingerprint density at radius 3 is 2.40 bits per heavy atom. The summed E-state index contributed by atoms with van der Waals surface area (Å²) < 4.78 is 5.38. The highest BCUT2D eigenvalue weighted by molar-refractivity contribution is 7.80. The lowest BCUT2D eigenvalue weighted by Crippen LogP contribution is -2.11. The maximum Gasteiger partial charge on any atom is 0.100 e. The zero-order valence-electron chi connectivity index (χ0n) is 6.58. The van der Waals surface area contributed by atoms with Crippen molar-refractivity contribution >= 4 is 25.3 Å². The molecule has 0 bridgehead atoms. The normalized spacial score (nSPS) is 14.1. The van der Waals surface area contributed by atoms with Gasteiger partial charge in [0.05, 0.1) is 6.10 Å². The number of rotatable bonds is 5. The highest BCUT2D eigenvalue weighted by Crippen LogP contribution is 2.09. The van der Waals surface area contributed by atoms with E-state index in [4.69, 9.17) is 4.74 Å². The van der Waals surface area contributed by atoms with Gasteiger partial charge in [0, 0.05) is 0 Å². The van der Waals surface area contributed by atoms with Gasteiger partial charge in [0.15, 0.2) is 0 Å². The average Bonchev–Trinajstić information content (AvgIpc) is 1.82. The van der Waals surface area contributed by atoms with Gasteiger partial charge in [-0.2, -0.15) is 12.6 Å². The minimum atomic E-state index is 0.0900. The quantitative estimate of drug-likeness (QED) is 0.488. The first-order chi connectivity index (χ1) is 4.66. The third kappa shape index (κ3) is 6.78. The molecule has 0 radical (unpaired) electrons. The molecule has 1 unspecified atom stereocenters. The summed E-state index contributed by atoms with van der Waals surface area (Å²) in [6.45, 7) is 4.04. The molecular formula is C7H16OS2. The molecule has 10 heavy (non-hydrogen) atoms. The molecule has 0 saturated heterocycles. The summed E-state index contributed by atoms with van der Waals surface area (Å²) in [6, 6.07) is 0. The van der Waals surface area contributed by atoms with E-state index in [2.05, 4.69) is 25.3 Å². The van der Waals surface area contributed by atoms with E-state index in [0.717, 1.165) is 18.6 Å². The fourth-order valence-electron chi connectivity index (χ4n) is 0.648. The van der Waals surface area contributed by atoms with Gasteiger partial charge in [-0.25, -0.2) is 0 Å². The van der Waals surface area contributed by atoms with Crippen LogP contribution in [0.5, 0.6) is 0 Å². The Morgan fingerprint density at radius 1 is 1.40 bits per heavy atom.